The van der Waals surface area contributed by atoms with E-state index in [-0.39, 0.29) is 29.2 Å². The van der Waals surface area contributed by atoms with Gasteiger partial charge in [0.2, 0.25) is 17.7 Å². The number of benzene rings is 2. The van der Waals surface area contributed by atoms with Gasteiger partial charge < -0.3 is 9.15 Å². The molecule has 5 rings (SSSR count). The van der Waals surface area contributed by atoms with Gasteiger partial charge in [-0.3, -0.25) is 14.9 Å². The highest BCUT2D eigenvalue weighted by molar-refractivity contribution is 8.15. The summed E-state index contributed by atoms with van der Waals surface area (Å²) in [5.41, 5.74) is 2.81. The van der Waals surface area contributed by atoms with Crippen LogP contribution in [-0.4, -0.2) is 58.8 Å². The second-order valence-electron chi connectivity index (χ2n) is 9.13. The van der Waals surface area contributed by atoms with Gasteiger partial charge in [-0.15, -0.1) is 21.5 Å². The molecule has 1 N–H and O–H groups in total. The van der Waals surface area contributed by atoms with Crippen LogP contribution in [0.15, 0.2) is 46.9 Å². The molecule has 1 aliphatic rings. The third-order valence-corrected chi connectivity index (χ3v) is 9.57. The fourth-order valence-electron chi connectivity index (χ4n) is 4.04. The maximum absolute atomic E-state index is 12.8. The number of amides is 2. The molecule has 208 valence electrons. The zero-order valence-corrected chi connectivity index (χ0v) is 23.9. The SMILES string of the molecule is CCCCOC(=O)c1ccc(-c2ccc3nc(C(c4nnc(CC5SC(=O)NC5=O)o4)S(C)(=O)=O)sc3c2)cc1. The quantitative estimate of drug-likeness (QED) is 0.204. The van der Waals surface area contributed by atoms with E-state index in [2.05, 4.69) is 20.5 Å². The molecular weight excluding hydrogens is 577 g/mol. The molecule has 0 bridgehead atoms. The first-order valence-corrected chi connectivity index (χ1v) is 16.0. The molecule has 0 radical (unpaired) electrons. The summed E-state index contributed by atoms with van der Waals surface area (Å²) in [6, 6.07) is 12.6. The van der Waals surface area contributed by atoms with Gasteiger partial charge in [-0.25, -0.2) is 18.2 Å². The minimum Gasteiger partial charge on any atom is -0.462 e. The standard InChI is InChI=1S/C26H24N4O7S3/c1-3-4-11-36-25(32)15-7-5-14(6-8-15)16-9-10-17-18(12-16)38-24(27-17)21(40(2,34)35)23-30-29-20(37-23)13-19-22(31)28-26(33)39-19/h5-10,12,19,21H,3-4,11,13H2,1-2H3,(H,28,31,33). The van der Waals surface area contributed by atoms with Crippen LogP contribution in [0.2, 0.25) is 0 Å². The smallest absolute Gasteiger partial charge is 0.338 e. The van der Waals surface area contributed by atoms with Gasteiger partial charge in [0, 0.05) is 12.7 Å². The number of rotatable bonds is 10. The van der Waals surface area contributed by atoms with Gasteiger partial charge in [0.1, 0.15) is 10.3 Å². The van der Waals surface area contributed by atoms with Crippen LogP contribution in [0, 0.1) is 0 Å². The van der Waals surface area contributed by atoms with Crippen LogP contribution < -0.4 is 5.32 Å². The fourth-order valence-corrected chi connectivity index (χ4v) is 7.38. The number of nitrogens with zero attached hydrogens (tertiary/aromatic N) is 3. The van der Waals surface area contributed by atoms with E-state index < -0.39 is 31.5 Å². The number of hydrogen-bond donors (Lipinski definition) is 1. The van der Waals surface area contributed by atoms with E-state index in [0.29, 0.717) is 17.7 Å². The number of aromatic nitrogens is 3. The summed E-state index contributed by atoms with van der Waals surface area (Å²) in [4.78, 5) is 40.0. The van der Waals surface area contributed by atoms with Crippen molar-refractivity contribution in [1.29, 1.82) is 0 Å². The first kappa shape index (κ1) is 27.9. The van der Waals surface area contributed by atoms with Crippen LogP contribution in [0.4, 0.5) is 4.79 Å². The van der Waals surface area contributed by atoms with Crippen LogP contribution in [0.1, 0.15) is 52.2 Å². The Labute approximate surface area is 237 Å². The second kappa shape index (κ2) is 11.5. The minimum atomic E-state index is -3.77. The van der Waals surface area contributed by atoms with E-state index in [1.807, 2.05) is 31.2 Å². The highest BCUT2D eigenvalue weighted by Crippen LogP contribution is 2.36. The van der Waals surface area contributed by atoms with E-state index in [9.17, 15) is 22.8 Å². The number of carbonyl (C=O) groups is 3. The number of imide groups is 1. The third-order valence-electron chi connectivity index (χ3n) is 6.08. The highest BCUT2D eigenvalue weighted by atomic mass is 32.2. The number of thiazole rings is 1. The van der Waals surface area contributed by atoms with Crippen molar-refractivity contribution in [3.05, 3.63) is 64.8 Å². The first-order chi connectivity index (χ1) is 19.1. The summed E-state index contributed by atoms with van der Waals surface area (Å²) in [5, 5.41) is 7.81. The maximum atomic E-state index is 12.8. The molecule has 3 heterocycles. The predicted octanol–water partition coefficient (Wildman–Crippen LogP) is 4.33. The van der Waals surface area contributed by atoms with Crippen LogP contribution in [0.5, 0.6) is 0 Å². The lowest BCUT2D eigenvalue weighted by molar-refractivity contribution is -0.119. The Hall–Kier alpha value is -3.62. The van der Waals surface area contributed by atoms with Gasteiger partial charge in [0.25, 0.3) is 5.24 Å². The van der Waals surface area contributed by atoms with Crippen molar-refractivity contribution in [3.63, 3.8) is 0 Å². The molecule has 4 aromatic rings. The molecule has 2 aromatic carbocycles. The number of hydrogen-bond acceptors (Lipinski definition) is 12. The predicted molar refractivity (Wildman–Crippen MR) is 150 cm³/mol. The zero-order valence-electron chi connectivity index (χ0n) is 21.4. The number of thioether (sulfide) groups is 1. The molecule has 2 amide bonds. The Morgan fingerprint density at radius 2 is 1.88 bits per heavy atom. The molecule has 1 saturated heterocycles. The van der Waals surface area contributed by atoms with Gasteiger partial charge in [-0.2, -0.15) is 0 Å². The molecular formula is C26H24N4O7S3. The van der Waals surface area contributed by atoms with Gasteiger partial charge in [0.05, 0.1) is 22.4 Å². The molecule has 0 saturated carbocycles. The molecule has 2 unspecified atom stereocenters. The zero-order chi connectivity index (χ0) is 28.4. The van der Waals surface area contributed by atoms with Crippen molar-refractivity contribution in [3.8, 4) is 11.1 Å². The lowest BCUT2D eigenvalue weighted by atomic mass is 10.0. The summed E-state index contributed by atoms with van der Waals surface area (Å²) in [6.45, 7) is 2.41. The van der Waals surface area contributed by atoms with E-state index in [1.54, 1.807) is 18.2 Å². The number of nitrogens with one attached hydrogen (secondary N) is 1. The Morgan fingerprint density at radius 3 is 2.55 bits per heavy atom. The first-order valence-electron chi connectivity index (χ1n) is 12.3. The van der Waals surface area contributed by atoms with Gasteiger partial charge in [-0.05, 0) is 41.8 Å². The van der Waals surface area contributed by atoms with Crippen LogP contribution >= 0.6 is 23.1 Å². The van der Waals surface area contributed by atoms with Crippen LogP contribution in [0.3, 0.4) is 0 Å². The molecule has 14 heteroatoms. The molecule has 40 heavy (non-hydrogen) atoms. The summed E-state index contributed by atoms with van der Waals surface area (Å²) in [5.74, 6) is -0.935. The second-order valence-corrected chi connectivity index (χ2v) is 13.5. The topological polar surface area (TPSA) is 158 Å². The monoisotopic (exact) mass is 600 g/mol. The van der Waals surface area contributed by atoms with Crippen molar-refractivity contribution in [2.45, 2.75) is 36.7 Å². The lowest BCUT2D eigenvalue weighted by Gasteiger charge is -2.07. The average molecular weight is 601 g/mol. The van der Waals surface area contributed by atoms with Gasteiger partial charge in [-0.1, -0.05) is 43.3 Å². The Morgan fingerprint density at radius 1 is 1.12 bits per heavy atom. The van der Waals surface area contributed by atoms with E-state index >= 15 is 0 Å². The summed E-state index contributed by atoms with van der Waals surface area (Å²) in [7, 11) is -3.77. The lowest BCUT2D eigenvalue weighted by Crippen LogP contribution is -2.25. The van der Waals surface area contributed by atoms with Gasteiger partial charge >= 0.3 is 5.97 Å². The number of sulfone groups is 1. The number of unbranched alkanes of at least 4 members (excludes halogenated alkanes) is 1. The molecule has 1 fully saturated rings. The van der Waals surface area contributed by atoms with Crippen LogP contribution in [0.25, 0.3) is 21.3 Å². The fraction of sp³-hybridized carbons (Fsp3) is 0.308. The Bertz CT molecular complexity index is 1700. The largest absolute Gasteiger partial charge is 0.462 e. The molecule has 0 spiro atoms. The normalized spacial score (nSPS) is 16.3. The van der Waals surface area contributed by atoms with E-state index in [0.717, 1.165) is 46.7 Å². The van der Waals surface area contributed by atoms with Crippen molar-refractivity contribution in [2.75, 3.05) is 12.9 Å². The number of ether oxygens (including phenoxy) is 1. The van der Waals surface area contributed by atoms with Gasteiger partial charge in [0.15, 0.2) is 15.1 Å². The van der Waals surface area contributed by atoms with Crippen molar-refractivity contribution in [2.24, 2.45) is 0 Å². The Kier molecular flexibility index (Phi) is 8.01. The minimum absolute atomic E-state index is 0.00974. The molecule has 11 nitrogen and oxygen atoms in total. The molecule has 1 aliphatic heterocycles. The van der Waals surface area contributed by atoms with Crippen molar-refractivity contribution >= 4 is 60.3 Å². The summed E-state index contributed by atoms with van der Waals surface area (Å²) < 4.78 is 37.3. The summed E-state index contributed by atoms with van der Waals surface area (Å²) in [6.07, 6.45) is 2.81. The number of esters is 1. The maximum Gasteiger partial charge on any atom is 0.338 e. The number of fused-ring (bicyclic) bond motifs is 1. The average Bonchev–Trinajstić information content (AvgIpc) is 3.61. The van der Waals surface area contributed by atoms with E-state index in [1.165, 1.54) is 11.3 Å². The van der Waals surface area contributed by atoms with Crippen LogP contribution in [-0.2, 0) is 25.8 Å². The number of carbonyl (C=O) groups excluding carboxylic acids is 3. The summed E-state index contributed by atoms with van der Waals surface area (Å²) >= 11 is 2.01. The highest BCUT2D eigenvalue weighted by Gasteiger charge is 2.36. The molecule has 2 atom stereocenters. The van der Waals surface area contributed by atoms with E-state index in [4.69, 9.17) is 9.15 Å². The molecule has 0 aliphatic carbocycles. The van der Waals surface area contributed by atoms with Crippen molar-refractivity contribution < 1.29 is 32.0 Å². The Balaban J connectivity index is 1.38. The van der Waals surface area contributed by atoms with Crippen molar-refractivity contribution in [1.82, 2.24) is 20.5 Å². The molecule has 2 aromatic heterocycles. The third kappa shape index (κ3) is 6.08.